The molecule has 0 saturated carbocycles. The molecule has 1 saturated heterocycles. The van der Waals surface area contributed by atoms with Gasteiger partial charge in [-0.15, -0.1) is 0 Å². The summed E-state index contributed by atoms with van der Waals surface area (Å²) in [5, 5.41) is 0. The molecule has 0 spiro atoms. The number of nitrogens with zero attached hydrogens (tertiary/aromatic N) is 1. The second-order valence-electron chi connectivity index (χ2n) is 5.11. The maximum Gasteiger partial charge on any atom is 0.0593 e. The van der Waals surface area contributed by atoms with Crippen LogP contribution in [0.4, 0.5) is 0 Å². The second-order valence-corrected chi connectivity index (χ2v) is 5.11. The first-order valence-corrected chi connectivity index (χ1v) is 7.34. The zero-order chi connectivity index (χ0) is 13.2. The maximum absolute atomic E-state index is 5.93. The third kappa shape index (κ3) is 5.22. The fourth-order valence-electron chi connectivity index (χ4n) is 2.90. The number of likely N-dealkylation sites (tertiary alicyclic amines) is 1. The summed E-state index contributed by atoms with van der Waals surface area (Å²) in [4.78, 5) is 2.52. The van der Waals surface area contributed by atoms with Crippen molar-refractivity contribution < 1.29 is 9.47 Å². The summed E-state index contributed by atoms with van der Waals surface area (Å²) in [6.45, 7) is 7.65. The van der Waals surface area contributed by atoms with Crippen molar-refractivity contribution in [3.63, 3.8) is 0 Å². The van der Waals surface area contributed by atoms with Gasteiger partial charge in [-0.2, -0.15) is 0 Å². The van der Waals surface area contributed by atoms with Crippen LogP contribution in [0.2, 0.25) is 0 Å². The maximum atomic E-state index is 5.93. The quantitative estimate of drug-likeness (QED) is 0.637. The van der Waals surface area contributed by atoms with Gasteiger partial charge in [-0.3, -0.25) is 4.90 Å². The van der Waals surface area contributed by atoms with Crippen LogP contribution in [0.5, 0.6) is 0 Å². The number of rotatable bonds is 9. The fraction of sp³-hybridized carbons (Fsp3) is 1.00. The molecule has 1 rings (SSSR count). The molecule has 0 aromatic rings. The van der Waals surface area contributed by atoms with Crippen LogP contribution in [0.15, 0.2) is 0 Å². The monoisotopic (exact) mass is 258 g/mol. The van der Waals surface area contributed by atoms with Gasteiger partial charge in [-0.05, 0) is 31.7 Å². The van der Waals surface area contributed by atoms with Crippen LogP contribution in [0.1, 0.15) is 32.6 Å². The van der Waals surface area contributed by atoms with Crippen LogP contribution >= 0.6 is 0 Å². The summed E-state index contributed by atoms with van der Waals surface area (Å²) in [6, 6.07) is 0.561. The van der Waals surface area contributed by atoms with Gasteiger partial charge in [-0.25, -0.2) is 0 Å². The molecule has 2 atom stereocenters. The summed E-state index contributed by atoms with van der Waals surface area (Å²) >= 11 is 0. The average molecular weight is 258 g/mol. The molecule has 0 aliphatic carbocycles. The lowest BCUT2D eigenvalue weighted by Crippen LogP contribution is -2.50. The van der Waals surface area contributed by atoms with Crippen molar-refractivity contribution in [1.82, 2.24) is 4.90 Å². The fourth-order valence-corrected chi connectivity index (χ4v) is 2.90. The van der Waals surface area contributed by atoms with Crippen molar-refractivity contribution in [3.05, 3.63) is 0 Å². The number of methoxy groups -OCH3 is 1. The molecule has 4 nitrogen and oxygen atoms in total. The van der Waals surface area contributed by atoms with Gasteiger partial charge in [0.05, 0.1) is 6.61 Å². The SMILES string of the molecule is CCC1CCCN(CCOCCCOC)C1CN. The summed E-state index contributed by atoms with van der Waals surface area (Å²) in [7, 11) is 1.73. The van der Waals surface area contributed by atoms with Crippen molar-refractivity contribution >= 4 is 0 Å². The van der Waals surface area contributed by atoms with Crippen LogP contribution in [-0.4, -0.2) is 57.5 Å². The van der Waals surface area contributed by atoms with Crippen molar-refractivity contribution in [2.75, 3.05) is 46.6 Å². The molecule has 0 radical (unpaired) electrons. The predicted octanol–water partition coefficient (Wildman–Crippen LogP) is 1.49. The second kappa shape index (κ2) is 9.73. The average Bonchev–Trinajstić information content (AvgIpc) is 2.42. The van der Waals surface area contributed by atoms with E-state index >= 15 is 0 Å². The van der Waals surface area contributed by atoms with Crippen molar-refractivity contribution in [3.8, 4) is 0 Å². The van der Waals surface area contributed by atoms with E-state index in [2.05, 4.69) is 11.8 Å². The van der Waals surface area contributed by atoms with Gasteiger partial charge in [0.25, 0.3) is 0 Å². The highest BCUT2D eigenvalue weighted by Gasteiger charge is 2.28. The standard InChI is InChI=1S/C14H30N2O2/c1-3-13-6-4-7-16(14(13)12-15)8-11-18-10-5-9-17-2/h13-14H,3-12,15H2,1-2H3. The Bertz CT molecular complexity index is 202. The highest BCUT2D eigenvalue weighted by Crippen LogP contribution is 2.25. The number of piperidine rings is 1. The topological polar surface area (TPSA) is 47.7 Å². The molecule has 1 aliphatic rings. The van der Waals surface area contributed by atoms with E-state index in [9.17, 15) is 0 Å². The third-order valence-electron chi connectivity index (χ3n) is 3.96. The number of hydrogen-bond donors (Lipinski definition) is 1. The minimum Gasteiger partial charge on any atom is -0.385 e. The van der Waals surface area contributed by atoms with E-state index in [1.165, 1.54) is 25.8 Å². The minimum atomic E-state index is 0.561. The summed E-state index contributed by atoms with van der Waals surface area (Å²) in [5.41, 5.74) is 5.93. The molecule has 1 fully saturated rings. The highest BCUT2D eigenvalue weighted by molar-refractivity contribution is 4.84. The van der Waals surface area contributed by atoms with E-state index in [4.69, 9.17) is 15.2 Å². The van der Waals surface area contributed by atoms with E-state index < -0.39 is 0 Å². The third-order valence-corrected chi connectivity index (χ3v) is 3.96. The Hall–Kier alpha value is -0.160. The van der Waals surface area contributed by atoms with Gasteiger partial charge >= 0.3 is 0 Å². The first-order valence-electron chi connectivity index (χ1n) is 7.34. The molecule has 2 unspecified atom stereocenters. The Morgan fingerprint density at radius 2 is 2.11 bits per heavy atom. The largest absolute Gasteiger partial charge is 0.385 e. The molecule has 0 aromatic carbocycles. The van der Waals surface area contributed by atoms with Crippen LogP contribution < -0.4 is 5.73 Å². The number of ether oxygens (including phenoxy) is 2. The van der Waals surface area contributed by atoms with E-state index in [1.54, 1.807) is 7.11 Å². The van der Waals surface area contributed by atoms with Crippen LogP contribution in [-0.2, 0) is 9.47 Å². The van der Waals surface area contributed by atoms with E-state index in [0.717, 1.165) is 45.2 Å². The first kappa shape index (κ1) is 15.9. The van der Waals surface area contributed by atoms with E-state index in [0.29, 0.717) is 6.04 Å². The molecule has 18 heavy (non-hydrogen) atoms. The Morgan fingerprint density at radius 3 is 2.78 bits per heavy atom. The van der Waals surface area contributed by atoms with Gasteiger partial charge in [0.1, 0.15) is 0 Å². The summed E-state index contributed by atoms with van der Waals surface area (Å²) < 4.78 is 10.6. The van der Waals surface area contributed by atoms with Crippen molar-refractivity contribution in [2.45, 2.75) is 38.6 Å². The summed E-state index contributed by atoms with van der Waals surface area (Å²) in [5.74, 6) is 0.775. The molecule has 0 amide bonds. The van der Waals surface area contributed by atoms with Crippen molar-refractivity contribution in [2.24, 2.45) is 11.7 Å². The normalized spacial score (nSPS) is 25.5. The number of hydrogen-bond acceptors (Lipinski definition) is 4. The molecule has 0 aromatic heterocycles. The Kier molecular flexibility index (Phi) is 8.59. The van der Waals surface area contributed by atoms with Crippen molar-refractivity contribution in [1.29, 1.82) is 0 Å². The summed E-state index contributed by atoms with van der Waals surface area (Å²) in [6.07, 6.45) is 4.86. The van der Waals surface area contributed by atoms with Gasteiger partial charge in [0, 0.05) is 39.5 Å². The van der Waals surface area contributed by atoms with E-state index in [-0.39, 0.29) is 0 Å². The first-order chi connectivity index (χ1) is 8.83. The van der Waals surface area contributed by atoms with Gasteiger partial charge in [0.15, 0.2) is 0 Å². The van der Waals surface area contributed by atoms with Gasteiger partial charge in [0.2, 0.25) is 0 Å². The molecular formula is C14H30N2O2. The van der Waals surface area contributed by atoms with Crippen LogP contribution in [0.25, 0.3) is 0 Å². The molecule has 108 valence electrons. The Balaban J connectivity index is 2.18. The zero-order valence-corrected chi connectivity index (χ0v) is 12.1. The molecule has 1 aliphatic heterocycles. The lowest BCUT2D eigenvalue weighted by molar-refractivity contribution is 0.0432. The minimum absolute atomic E-state index is 0.561. The van der Waals surface area contributed by atoms with Crippen LogP contribution in [0, 0.1) is 5.92 Å². The molecule has 0 bridgehead atoms. The van der Waals surface area contributed by atoms with Gasteiger partial charge in [-0.1, -0.05) is 13.3 Å². The highest BCUT2D eigenvalue weighted by atomic mass is 16.5. The smallest absolute Gasteiger partial charge is 0.0593 e. The number of nitrogens with two attached hydrogens (primary N) is 1. The Morgan fingerprint density at radius 1 is 1.28 bits per heavy atom. The Labute approximate surface area is 112 Å². The van der Waals surface area contributed by atoms with Crippen LogP contribution in [0.3, 0.4) is 0 Å². The lowest BCUT2D eigenvalue weighted by Gasteiger charge is -2.40. The predicted molar refractivity (Wildman–Crippen MR) is 74.7 cm³/mol. The van der Waals surface area contributed by atoms with E-state index in [1.807, 2.05) is 0 Å². The zero-order valence-electron chi connectivity index (χ0n) is 12.1. The molecular weight excluding hydrogens is 228 g/mol. The molecule has 2 N–H and O–H groups in total. The molecule has 4 heteroatoms. The lowest BCUT2D eigenvalue weighted by atomic mass is 9.87. The van der Waals surface area contributed by atoms with Gasteiger partial charge < -0.3 is 15.2 Å². The molecule has 1 heterocycles.